The van der Waals surface area contributed by atoms with Crippen LogP contribution in [-0.4, -0.2) is 50.6 Å². The SMILES string of the molecule is CN=C(NCCNC(=O)c1cccc(OC)c1)NCCc1c[nH]c2ccccc12.I. The van der Waals surface area contributed by atoms with E-state index >= 15 is 0 Å². The minimum atomic E-state index is -0.131. The van der Waals surface area contributed by atoms with Crippen molar-refractivity contribution in [3.8, 4) is 5.75 Å². The molecule has 3 aromatic rings. The summed E-state index contributed by atoms with van der Waals surface area (Å²) >= 11 is 0. The summed E-state index contributed by atoms with van der Waals surface area (Å²) in [5, 5.41) is 10.6. The number of methoxy groups -OCH3 is 1. The van der Waals surface area contributed by atoms with Crippen molar-refractivity contribution in [3.63, 3.8) is 0 Å². The van der Waals surface area contributed by atoms with Gasteiger partial charge < -0.3 is 25.7 Å². The van der Waals surface area contributed by atoms with Gasteiger partial charge >= 0.3 is 0 Å². The predicted molar refractivity (Wildman–Crippen MR) is 132 cm³/mol. The fraction of sp³-hybridized carbons (Fsp3) is 0.273. The number of hydrogen-bond donors (Lipinski definition) is 4. The molecule has 1 heterocycles. The number of aromatic nitrogens is 1. The van der Waals surface area contributed by atoms with Gasteiger partial charge in [0.25, 0.3) is 5.91 Å². The van der Waals surface area contributed by atoms with Crippen molar-refractivity contribution in [2.24, 2.45) is 4.99 Å². The van der Waals surface area contributed by atoms with E-state index in [4.69, 9.17) is 4.74 Å². The number of amides is 1. The fourth-order valence-corrected chi connectivity index (χ4v) is 3.10. The number of H-pyrrole nitrogens is 1. The molecule has 0 spiro atoms. The smallest absolute Gasteiger partial charge is 0.251 e. The van der Waals surface area contributed by atoms with E-state index in [1.807, 2.05) is 18.2 Å². The molecule has 3 rings (SSSR count). The van der Waals surface area contributed by atoms with Crippen LogP contribution in [0.5, 0.6) is 5.75 Å². The molecule has 1 aromatic heterocycles. The number of halogens is 1. The van der Waals surface area contributed by atoms with Crippen molar-refractivity contribution in [2.75, 3.05) is 33.8 Å². The van der Waals surface area contributed by atoms with Crippen LogP contribution < -0.4 is 20.7 Å². The molecule has 8 heteroatoms. The van der Waals surface area contributed by atoms with E-state index in [0.717, 1.165) is 18.5 Å². The molecule has 160 valence electrons. The average Bonchev–Trinajstić information content (AvgIpc) is 3.18. The van der Waals surface area contributed by atoms with Gasteiger partial charge in [-0.1, -0.05) is 24.3 Å². The number of hydrogen-bond acceptors (Lipinski definition) is 3. The Morgan fingerprint density at radius 3 is 2.60 bits per heavy atom. The zero-order valence-corrected chi connectivity index (χ0v) is 19.5. The van der Waals surface area contributed by atoms with Crippen LogP contribution in [0.3, 0.4) is 0 Å². The number of benzene rings is 2. The number of carbonyl (C=O) groups is 1. The van der Waals surface area contributed by atoms with E-state index in [-0.39, 0.29) is 29.9 Å². The van der Waals surface area contributed by atoms with Gasteiger partial charge in [-0.2, -0.15) is 0 Å². The fourth-order valence-electron chi connectivity index (χ4n) is 3.10. The van der Waals surface area contributed by atoms with Crippen molar-refractivity contribution in [1.82, 2.24) is 20.9 Å². The first-order chi connectivity index (χ1) is 14.2. The minimum Gasteiger partial charge on any atom is -0.497 e. The number of rotatable bonds is 8. The molecule has 0 bridgehead atoms. The monoisotopic (exact) mass is 521 g/mol. The first kappa shape index (κ1) is 23.5. The standard InChI is InChI=1S/C22H27N5O2.HI/c1-23-22(25-11-10-17-15-27-20-9-4-3-8-19(17)20)26-13-12-24-21(28)16-6-5-7-18(14-16)29-2;/h3-9,14-15,27H,10-13H2,1-2H3,(H,24,28)(H2,23,25,26);1H. The van der Waals surface area contributed by atoms with E-state index in [1.54, 1.807) is 32.4 Å². The Morgan fingerprint density at radius 1 is 1.03 bits per heavy atom. The summed E-state index contributed by atoms with van der Waals surface area (Å²) in [5.41, 5.74) is 3.00. The number of carbonyl (C=O) groups excluding carboxylic acids is 1. The minimum absolute atomic E-state index is 0. The second-order valence-corrected chi connectivity index (χ2v) is 6.52. The van der Waals surface area contributed by atoms with Crippen molar-refractivity contribution in [3.05, 3.63) is 65.9 Å². The summed E-state index contributed by atoms with van der Waals surface area (Å²) in [4.78, 5) is 19.7. The highest BCUT2D eigenvalue weighted by Gasteiger charge is 2.06. The molecule has 30 heavy (non-hydrogen) atoms. The maximum absolute atomic E-state index is 12.2. The highest BCUT2D eigenvalue weighted by molar-refractivity contribution is 14.0. The molecule has 0 atom stereocenters. The van der Waals surface area contributed by atoms with Crippen LogP contribution in [0, 0.1) is 0 Å². The zero-order chi connectivity index (χ0) is 20.5. The molecule has 2 aromatic carbocycles. The van der Waals surface area contributed by atoms with Gasteiger partial charge in [0.1, 0.15) is 5.75 Å². The third-order valence-corrected chi connectivity index (χ3v) is 4.62. The van der Waals surface area contributed by atoms with Crippen LogP contribution in [0.4, 0.5) is 0 Å². The van der Waals surface area contributed by atoms with Crippen LogP contribution in [0.2, 0.25) is 0 Å². The van der Waals surface area contributed by atoms with Crippen LogP contribution in [0.15, 0.2) is 59.7 Å². The molecular formula is C22H28IN5O2. The summed E-state index contributed by atoms with van der Waals surface area (Å²) in [6.07, 6.45) is 2.94. The first-order valence-corrected chi connectivity index (χ1v) is 9.63. The van der Waals surface area contributed by atoms with Crippen molar-refractivity contribution in [2.45, 2.75) is 6.42 Å². The molecule has 0 unspecified atom stereocenters. The Kier molecular flexibility index (Phi) is 9.46. The molecule has 0 radical (unpaired) electrons. The summed E-state index contributed by atoms with van der Waals surface area (Å²) in [7, 11) is 3.31. The molecule has 0 saturated heterocycles. The number of nitrogens with zero attached hydrogens (tertiary/aromatic N) is 1. The topological polar surface area (TPSA) is 90.5 Å². The Labute approximate surface area is 193 Å². The van der Waals surface area contributed by atoms with Gasteiger partial charge in [-0.3, -0.25) is 9.79 Å². The number of guanidine groups is 1. The molecule has 0 fully saturated rings. The van der Waals surface area contributed by atoms with Gasteiger partial charge in [0.2, 0.25) is 0 Å². The van der Waals surface area contributed by atoms with Crippen LogP contribution in [-0.2, 0) is 6.42 Å². The maximum atomic E-state index is 12.2. The predicted octanol–water partition coefficient (Wildman–Crippen LogP) is 2.93. The van der Waals surface area contributed by atoms with Gasteiger partial charge in [-0.05, 0) is 36.2 Å². The Bertz CT molecular complexity index is 986. The van der Waals surface area contributed by atoms with Gasteiger partial charge in [0, 0.05) is 49.3 Å². The third kappa shape index (κ3) is 6.38. The Morgan fingerprint density at radius 2 is 1.80 bits per heavy atom. The molecule has 1 amide bonds. The number of aliphatic imine (C=N–C) groups is 1. The molecule has 4 N–H and O–H groups in total. The van der Waals surface area contributed by atoms with Gasteiger partial charge in [0.15, 0.2) is 5.96 Å². The largest absolute Gasteiger partial charge is 0.497 e. The second-order valence-electron chi connectivity index (χ2n) is 6.52. The lowest BCUT2D eigenvalue weighted by Crippen LogP contribution is -2.42. The number of para-hydroxylation sites is 1. The maximum Gasteiger partial charge on any atom is 0.251 e. The summed E-state index contributed by atoms with van der Waals surface area (Å²) in [6.45, 7) is 1.82. The average molecular weight is 521 g/mol. The Hall–Kier alpha value is -2.75. The number of aromatic amines is 1. The Balaban J connectivity index is 0.00000320. The third-order valence-electron chi connectivity index (χ3n) is 4.62. The quantitative estimate of drug-likeness (QED) is 0.159. The molecule has 0 aliphatic carbocycles. The van der Waals surface area contributed by atoms with Gasteiger partial charge in [0.05, 0.1) is 7.11 Å². The summed E-state index contributed by atoms with van der Waals surface area (Å²) in [5.74, 6) is 1.24. The van der Waals surface area contributed by atoms with Crippen molar-refractivity contribution >= 4 is 46.7 Å². The normalized spacial score (nSPS) is 10.9. The molecule has 0 aliphatic heterocycles. The molecule has 0 saturated carbocycles. The molecule has 0 aliphatic rings. The molecular weight excluding hydrogens is 493 g/mol. The van der Waals surface area contributed by atoms with Crippen LogP contribution in [0.25, 0.3) is 10.9 Å². The number of ether oxygens (including phenoxy) is 1. The lowest BCUT2D eigenvalue weighted by molar-refractivity contribution is 0.0954. The van der Waals surface area contributed by atoms with E-state index in [2.05, 4.69) is 44.3 Å². The number of nitrogens with one attached hydrogen (secondary N) is 4. The zero-order valence-electron chi connectivity index (χ0n) is 17.2. The van der Waals surface area contributed by atoms with E-state index < -0.39 is 0 Å². The van der Waals surface area contributed by atoms with E-state index in [1.165, 1.54) is 10.9 Å². The summed E-state index contributed by atoms with van der Waals surface area (Å²) < 4.78 is 5.15. The van der Waals surface area contributed by atoms with Crippen LogP contribution >= 0.6 is 24.0 Å². The molecule has 7 nitrogen and oxygen atoms in total. The van der Waals surface area contributed by atoms with Gasteiger partial charge in [-0.25, -0.2) is 0 Å². The number of fused-ring (bicyclic) bond motifs is 1. The van der Waals surface area contributed by atoms with E-state index in [0.29, 0.717) is 30.4 Å². The summed E-state index contributed by atoms with van der Waals surface area (Å²) in [6, 6.07) is 15.4. The van der Waals surface area contributed by atoms with Gasteiger partial charge in [-0.15, -0.1) is 24.0 Å². The highest BCUT2D eigenvalue weighted by atomic mass is 127. The lowest BCUT2D eigenvalue weighted by atomic mass is 10.1. The van der Waals surface area contributed by atoms with E-state index in [9.17, 15) is 4.79 Å². The first-order valence-electron chi connectivity index (χ1n) is 9.63. The second kappa shape index (κ2) is 12.1. The highest BCUT2D eigenvalue weighted by Crippen LogP contribution is 2.17. The van der Waals surface area contributed by atoms with Crippen molar-refractivity contribution < 1.29 is 9.53 Å². The van der Waals surface area contributed by atoms with Crippen molar-refractivity contribution in [1.29, 1.82) is 0 Å². The lowest BCUT2D eigenvalue weighted by Gasteiger charge is -2.12. The van der Waals surface area contributed by atoms with Crippen LogP contribution in [0.1, 0.15) is 15.9 Å².